The molecule has 3 rings (SSSR count). The van der Waals surface area contributed by atoms with E-state index in [4.69, 9.17) is 9.47 Å². The number of carbonyl (C=O) groups is 1. The van der Waals surface area contributed by atoms with Gasteiger partial charge in [-0.1, -0.05) is 24.3 Å². The van der Waals surface area contributed by atoms with E-state index in [9.17, 15) is 9.18 Å². The molecule has 0 radical (unpaired) electrons. The number of benzene rings is 1. The van der Waals surface area contributed by atoms with Gasteiger partial charge in [-0.2, -0.15) is 0 Å². The van der Waals surface area contributed by atoms with Gasteiger partial charge in [-0.3, -0.25) is 9.36 Å². The fourth-order valence-electron chi connectivity index (χ4n) is 3.10. The number of esters is 1. The predicted molar refractivity (Wildman–Crippen MR) is 97.9 cm³/mol. The largest absolute Gasteiger partial charge is 0.483 e. The Labute approximate surface area is 157 Å². The molecule has 1 fully saturated rings. The van der Waals surface area contributed by atoms with Gasteiger partial charge in [-0.05, 0) is 25.5 Å². The second-order valence-electron chi connectivity index (χ2n) is 6.63. The SMILES string of the molecule is C=C(C)Cn1c(COc2ccccc2F)nnc1N1CC[C@@H](C(=O)OC)C1. The molecule has 0 N–H and O–H groups in total. The van der Waals surface area contributed by atoms with Gasteiger partial charge in [0.15, 0.2) is 17.4 Å². The van der Waals surface area contributed by atoms with Crippen molar-refractivity contribution in [2.24, 2.45) is 5.92 Å². The highest BCUT2D eigenvalue weighted by Crippen LogP contribution is 2.25. The van der Waals surface area contributed by atoms with Crippen LogP contribution in [0.4, 0.5) is 10.3 Å². The first kappa shape index (κ1) is 18.9. The fourth-order valence-corrected chi connectivity index (χ4v) is 3.10. The summed E-state index contributed by atoms with van der Waals surface area (Å²) in [5.41, 5.74) is 0.923. The number of nitrogens with zero attached hydrogens (tertiary/aromatic N) is 4. The summed E-state index contributed by atoms with van der Waals surface area (Å²) in [6.07, 6.45) is 0.702. The molecule has 8 heteroatoms. The highest BCUT2D eigenvalue weighted by molar-refractivity contribution is 5.73. The van der Waals surface area contributed by atoms with Crippen molar-refractivity contribution in [2.45, 2.75) is 26.5 Å². The average molecular weight is 374 g/mol. The lowest BCUT2D eigenvalue weighted by Crippen LogP contribution is -2.26. The quantitative estimate of drug-likeness (QED) is 0.548. The number of anilines is 1. The summed E-state index contributed by atoms with van der Waals surface area (Å²) in [5.74, 6) is 0.559. The molecule has 0 unspecified atom stereocenters. The summed E-state index contributed by atoms with van der Waals surface area (Å²) in [6, 6.07) is 6.22. The molecule has 0 spiro atoms. The highest BCUT2D eigenvalue weighted by atomic mass is 19.1. The minimum atomic E-state index is -0.427. The van der Waals surface area contributed by atoms with Gasteiger partial charge >= 0.3 is 5.97 Å². The maximum atomic E-state index is 13.8. The Morgan fingerprint density at radius 1 is 1.37 bits per heavy atom. The van der Waals surface area contributed by atoms with E-state index in [-0.39, 0.29) is 24.2 Å². The zero-order valence-corrected chi connectivity index (χ0v) is 15.5. The lowest BCUT2D eigenvalue weighted by Gasteiger charge is -2.19. The van der Waals surface area contributed by atoms with Gasteiger partial charge in [-0.25, -0.2) is 4.39 Å². The average Bonchev–Trinajstić information content (AvgIpc) is 3.27. The third kappa shape index (κ3) is 4.27. The number of allylic oxidation sites excluding steroid dienone is 1. The van der Waals surface area contributed by atoms with Gasteiger partial charge in [0.2, 0.25) is 5.95 Å². The van der Waals surface area contributed by atoms with E-state index in [1.165, 1.54) is 13.2 Å². The number of para-hydroxylation sites is 1. The van der Waals surface area contributed by atoms with Crippen LogP contribution in [0, 0.1) is 11.7 Å². The molecule has 7 nitrogen and oxygen atoms in total. The van der Waals surface area contributed by atoms with E-state index >= 15 is 0 Å². The van der Waals surface area contributed by atoms with E-state index in [1.54, 1.807) is 18.2 Å². The van der Waals surface area contributed by atoms with Crippen LogP contribution < -0.4 is 9.64 Å². The van der Waals surface area contributed by atoms with E-state index in [1.807, 2.05) is 16.4 Å². The number of rotatable bonds is 7. The number of hydrogen-bond acceptors (Lipinski definition) is 6. The van der Waals surface area contributed by atoms with Gasteiger partial charge in [0.1, 0.15) is 6.61 Å². The first-order valence-electron chi connectivity index (χ1n) is 8.76. The van der Waals surface area contributed by atoms with Gasteiger partial charge in [0.05, 0.1) is 13.0 Å². The Morgan fingerprint density at radius 3 is 2.85 bits per heavy atom. The summed E-state index contributed by atoms with van der Waals surface area (Å²) in [7, 11) is 1.40. The molecule has 1 saturated heterocycles. The molecule has 27 heavy (non-hydrogen) atoms. The highest BCUT2D eigenvalue weighted by Gasteiger charge is 2.32. The van der Waals surface area contributed by atoms with Crippen molar-refractivity contribution in [3.8, 4) is 5.75 Å². The summed E-state index contributed by atoms with van der Waals surface area (Å²) in [4.78, 5) is 13.8. The Balaban J connectivity index is 1.78. The smallest absolute Gasteiger partial charge is 0.310 e. The second kappa shape index (κ2) is 8.20. The van der Waals surface area contributed by atoms with Gasteiger partial charge in [0.25, 0.3) is 0 Å². The molecule has 1 aliphatic rings. The molecule has 1 atom stereocenters. The van der Waals surface area contributed by atoms with Gasteiger partial charge in [0, 0.05) is 19.6 Å². The molecular weight excluding hydrogens is 351 g/mol. The second-order valence-corrected chi connectivity index (χ2v) is 6.63. The first-order chi connectivity index (χ1) is 13.0. The van der Waals surface area contributed by atoms with Crippen molar-refractivity contribution < 1.29 is 18.7 Å². The summed E-state index contributed by atoms with van der Waals surface area (Å²) < 4.78 is 26.1. The molecule has 0 bridgehead atoms. The standard InChI is InChI=1S/C19H23FN4O3/c1-13(2)10-24-17(12-27-16-7-5-4-6-15(16)20)21-22-19(24)23-9-8-14(11-23)18(25)26-3/h4-7,14H,1,8-12H2,2-3H3/t14-/m1/s1. The third-order valence-electron chi connectivity index (χ3n) is 4.43. The summed E-state index contributed by atoms with van der Waals surface area (Å²) in [5, 5.41) is 8.49. The number of aromatic nitrogens is 3. The lowest BCUT2D eigenvalue weighted by atomic mass is 10.1. The van der Waals surface area contributed by atoms with Crippen LogP contribution in [0.5, 0.6) is 5.75 Å². The van der Waals surface area contributed by atoms with E-state index in [0.717, 1.165) is 5.57 Å². The van der Waals surface area contributed by atoms with E-state index in [0.29, 0.717) is 37.8 Å². The first-order valence-corrected chi connectivity index (χ1v) is 8.76. The predicted octanol–water partition coefficient (Wildman–Crippen LogP) is 2.57. The molecule has 2 aromatic rings. The fraction of sp³-hybridized carbons (Fsp3) is 0.421. The number of carbonyl (C=O) groups excluding carboxylic acids is 1. The molecule has 0 saturated carbocycles. The van der Waals surface area contributed by atoms with Gasteiger partial charge in [-0.15, -0.1) is 10.2 Å². The molecular formula is C19H23FN4O3. The molecule has 1 aliphatic heterocycles. The Morgan fingerprint density at radius 2 is 2.15 bits per heavy atom. The molecule has 0 amide bonds. The van der Waals surface area contributed by atoms with Crippen molar-refractivity contribution in [1.29, 1.82) is 0 Å². The minimum absolute atomic E-state index is 0.0789. The molecule has 2 heterocycles. The van der Waals surface area contributed by atoms with Crippen molar-refractivity contribution in [1.82, 2.24) is 14.8 Å². The van der Waals surface area contributed by atoms with E-state index < -0.39 is 5.82 Å². The Bertz CT molecular complexity index is 836. The van der Waals surface area contributed by atoms with Crippen LogP contribution in [0.15, 0.2) is 36.4 Å². The zero-order chi connectivity index (χ0) is 19.4. The van der Waals surface area contributed by atoms with Crippen LogP contribution in [-0.4, -0.2) is 40.9 Å². The maximum Gasteiger partial charge on any atom is 0.310 e. The van der Waals surface area contributed by atoms with E-state index in [2.05, 4.69) is 16.8 Å². The minimum Gasteiger partial charge on any atom is -0.483 e. The normalized spacial score (nSPS) is 16.4. The van der Waals surface area contributed by atoms with Crippen molar-refractivity contribution in [3.05, 3.63) is 48.1 Å². The maximum absolute atomic E-state index is 13.8. The number of ether oxygens (including phenoxy) is 2. The van der Waals surface area contributed by atoms with Crippen LogP contribution in [0.25, 0.3) is 0 Å². The van der Waals surface area contributed by atoms with Crippen LogP contribution in [0.3, 0.4) is 0 Å². The number of methoxy groups -OCH3 is 1. The van der Waals surface area contributed by atoms with Crippen LogP contribution in [0.2, 0.25) is 0 Å². The molecule has 0 aliphatic carbocycles. The number of hydrogen-bond donors (Lipinski definition) is 0. The Hall–Kier alpha value is -2.90. The van der Waals surface area contributed by atoms with Crippen LogP contribution >= 0.6 is 0 Å². The third-order valence-corrected chi connectivity index (χ3v) is 4.43. The van der Waals surface area contributed by atoms with Crippen molar-refractivity contribution >= 4 is 11.9 Å². The summed E-state index contributed by atoms with van der Waals surface area (Å²) >= 11 is 0. The van der Waals surface area contributed by atoms with Crippen LogP contribution in [-0.2, 0) is 22.7 Å². The molecule has 1 aromatic carbocycles. The lowest BCUT2D eigenvalue weighted by molar-refractivity contribution is -0.144. The monoisotopic (exact) mass is 374 g/mol. The zero-order valence-electron chi connectivity index (χ0n) is 15.5. The molecule has 144 valence electrons. The number of halogens is 1. The van der Waals surface area contributed by atoms with Gasteiger partial charge < -0.3 is 14.4 Å². The topological polar surface area (TPSA) is 69.5 Å². The van der Waals surface area contributed by atoms with Crippen molar-refractivity contribution in [3.63, 3.8) is 0 Å². The van der Waals surface area contributed by atoms with Crippen molar-refractivity contribution in [2.75, 3.05) is 25.1 Å². The summed E-state index contributed by atoms with van der Waals surface area (Å²) in [6.45, 7) is 7.66. The Kier molecular flexibility index (Phi) is 5.73. The molecule has 1 aromatic heterocycles. The van der Waals surface area contributed by atoms with Crippen LogP contribution in [0.1, 0.15) is 19.2 Å².